The highest BCUT2D eigenvalue weighted by atomic mass is 19.4. The van der Waals surface area contributed by atoms with Crippen molar-refractivity contribution in [3.63, 3.8) is 0 Å². The molecular formula is C21H28F3N5O4. The van der Waals surface area contributed by atoms with Gasteiger partial charge in [-0.15, -0.1) is 0 Å². The first-order valence-corrected chi connectivity index (χ1v) is 10.7. The maximum absolute atomic E-state index is 10.6. The number of aliphatic carboxylic acids is 1. The van der Waals surface area contributed by atoms with Gasteiger partial charge in [-0.05, 0) is 31.7 Å². The van der Waals surface area contributed by atoms with Gasteiger partial charge in [-0.1, -0.05) is 0 Å². The van der Waals surface area contributed by atoms with E-state index in [1.54, 1.807) is 6.20 Å². The third kappa shape index (κ3) is 7.97. The molecule has 0 amide bonds. The maximum Gasteiger partial charge on any atom is 0.490 e. The second-order valence-electron chi connectivity index (χ2n) is 8.25. The van der Waals surface area contributed by atoms with Crippen molar-refractivity contribution in [1.82, 2.24) is 24.4 Å². The van der Waals surface area contributed by atoms with Crippen LogP contribution in [0.5, 0.6) is 6.01 Å². The van der Waals surface area contributed by atoms with Crippen LogP contribution < -0.4 is 4.74 Å². The highest BCUT2D eigenvalue weighted by Gasteiger charge is 2.38. The molecule has 1 atom stereocenters. The topological polar surface area (TPSA) is 103 Å². The number of hydrogen-bond acceptors (Lipinski definition) is 7. The molecule has 4 rings (SSSR count). The summed E-state index contributed by atoms with van der Waals surface area (Å²) in [6.45, 7) is 8.37. The lowest BCUT2D eigenvalue weighted by atomic mass is 9.99. The van der Waals surface area contributed by atoms with E-state index in [-0.39, 0.29) is 0 Å². The predicted molar refractivity (Wildman–Crippen MR) is 110 cm³/mol. The zero-order chi connectivity index (χ0) is 23.8. The zero-order valence-corrected chi connectivity index (χ0v) is 18.4. The van der Waals surface area contributed by atoms with Crippen molar-refractivity contribution in [3.05, 3.63) is 36.2 Å². The van der Waals surface area contributed by atoms with Gasteiger partial charge in [-0.3, -0.25) is 4.90 Å². The fourth-order valence-electron chi connectivity index (χ4n) is 3.87. The van der Waals surface area contributed by atoms with E-state index in [1.807, 2.05) is 25.5 Å². The van der Waals surface area contributed by atoms with Crippen molar-refractivity contribution in [2.75, 3.05) is 32.9 Å². The van der Waals surface area contributed by atoms with Crippen molar-refractivity contribution in [3.8, 4) is 6.01 Å². The van der Waals surface area contributed by atoms with Gasteiger partial charge in [0.15, 0.2) is 0 Å². The third-order valence-electron chi connectivity index (χ3n) is 5.48. The average molecular weight is 471 g/mol. The number of carboxylic acid groups (broad SMARTS) is 1. The van der Waals surface area contributed by atoms with Crippen LogP contribution in [0.2, 0.25) is 0 Å². The van der Waals surface area contributed by atoms with Crippen molar-refractivity contribution in [2.45, 2.75) is 39.0 Å². The fraction of sp³-hybridized carbons (Fsp3) is 0.619. The molecule has 1 unspecified atom stereocenters. The molecule has 1 fully saturated rings. The summed E-state index contributed by atoms with van der Waals surface area (Å²) in [6, 6.07) is 2.35. The van der Waals surface area contributed by atoms with Crippen molar-refractivity contribution in [2.24, 2.45) is 11.8 Å². The number of halogens is 3. The Morgan fingerprint density at radius 2 is 2.00 bits per heavy atom. The number of aryl methyl sites for hydroxylation is 1. The van der Waals surface area contributed by atoms with Crippen LogP contribution in [-0.4, -0.2) is 74.6 Å². The Kier molecular flexibility index (Phi) is 8.61. The number of fused-ring (bicyclic) bond motifs is 1. The Morgan fingerprint density at radius 3 is 2.67 bits per heavy atom. The molecule has 2 aliphatic rings. The van der Waals surface area contributed by atoms with E-state index in [9.17, 15) is 13.2 Å². The molecule has 4 heterocycles. The van der Waals surface area contributed by atoms with Gasteiger partial charge in [0.25, 0.3) is 0 Å². The molecule has 0 radical (unpaired) electrons. The number of carboxylic acids is 1. The van der Waals surface area contributed by atoms with Crippen molar-refractivity contribution >= 4 is 5.97 Å². The molecular weight excluding hydrogens is 443 g/mol. The maximum atomic E-state index is 10.6. The van der Waals surface area contributed by atoms with E-state index in [2.05, 4.69) is 24.4 Å². The van der Waals surface area contributed by atoms with E-state index in [1.165, 1.54) is 5.69 Å². The molecule has 0 bridgehead atoms. The van der Waals surface area contributed by atoms with Crippen molar-refractivity contribution < 1.29 is 32.5 Å². The number of alkyl halides is 3. The van der Waals surface area contributed by atoms with Gasteiger partial charge in [0.1, 0.15) is 0 Å². The molecule has 2 aliphatic heterocycles. The first kappa shape index (κ1) is 24.9. The first-order valence-electron chi connectivity index (χ1n) is 10.7. The Labute approximate surface area is 189 Å². The summed E-state index contributed by atoms with van der Waals surface area (Å²) >= 11 is 0. The van der Waals surface area contributed by atoms with E-state index < -0.39 is 12.1 Å². The van der Waals surface area contributed by atoms with Gasteiger partial charge in [0.2, 0.25) is 0 Å². The second-order valence-corrected chi connectivity index (χ2v) is 8.25. The standard InChI is InChI=1S/C19H27N5O2.C2HF3O2/c1-15-2-5-21-19(22-15)26-13-17-10-23(9-16-3-6-25-7-4-16)12-18-8-20-14-24(18)11-17;3-2(4,5)1(6)7/h2,5,8,14,16-17H,3-4,6-7,9-13H2,1H3;(H,6,7). The normalized spacial score (nSPS) is 19.7. The third-order valence-corrected chi connectivity index (χ3v) is 5.48. The van der Waals surface area contributed by atoms with Crippen molar-refractivity contribution in [1.29, 1.82) is 0 Å². The van der Waals surface area contributed by atoms with E-state index in [0.717, 1.165) is 63.8 Å². The predicted octanol–water partition coefficient (Wildman–Crippen LogP) is 2.55. The van der Waals surface area contributed by atoms with Crippen LogP contribution in [0.25, 0.3) is 0 Å². The molecule has 33 heavy (non-hydrogen) atoms. The summed E-state index contributed by atoms with van der Waals surface area (Å²) < 4.78 is 45.4. The van der Waals surface area contributed by atoms with Crippen LogP contribution >= 0.6 is 0 Å². The zero-order valence-electron chi connectivity index (χ0n) is 18.4. The van der Waals surface area contributed by atoms with Gasteiger partial charge in [0.05, 0.1) is 18.6 Å². The molecule has 12 heteroatoms. The van der Waals surface area contributed by atoms with E-state index >= 15 is 0 Å². The molecule has 0 aliphatic carbocycles. The summed E-state index contributed by atoms with van der Waals surface area (Å²) in [7, 11) is 0. The molecule has 9 nitrogen and oxygen atoms in total. The lowest BCUT2D eigenvalue weighted by Crippen LogP contribution is -2.36. The van der Waals surface area contributed by atoms with Gasteiger partial charge in [-0.25, -0.2) is 19.7 Å². The first-order chi connectivity index (χ1) is 15.7. The highest BCUT2D eigenvalue weighted by molar-refractivity contribution is 5.73. The minimum Gasteiger partial charge on any atom is -0.475 e. The Bertz CT molecular complexity index is 902. The van der Waals surface area contributed by atoms with E-state index in [0.29, 0.717) is 18.5 Å². The van der Waals surface area contributed by atoms with Crippen LogP contribution in [0, 0.1) is 18.8 Å². The van der Waals surface area contributed by atoms with Gasteiger partial charge >= 0.3 is 18.2 Å². The molecule has 0 spiro atoms. The van der Waals surface area contributed by atoms with Crippen LogP contribution in [0.3, 0.4) is 0 Å². The highest BCUT2D eigenvalue weighted by Crippen LogP contribution is 2.22. The van der Waals surface area contributed by atoms with Crippen LogP contribution in [-0.2, 0) is 22.6 Å². The lowest BCUT2D eigenvalue weighted by Gasteiger charge is -2.30. The second kappa shape index (κ2) is 11.4. The number of aromatic nitrogens is 4. The monoisotopic (exact) mass is 471 g/mol. The SMILES string of the molecule is Cc1ccnc(OCC2CN(CC3CCOCC3)Cc3cncn3C2)n1.O=C(O)C(F)(F)F. The molecule has 182 valence electrons. The minimum absolute atomic E-state index is 0.384. The molecule has 0 aromatic carbocycles. The largest absolute Gasteiger partial charge is 0.490 e. The van der Waals surface area contributed by atoms with Crippen LogP contribution in [0.1, 0.15) is 24.2 Å². The molecule has 0 saturated carbocycles. The summed E-state index contributed by atoms with van der Waals surface area (Å²) in [4.78, 5) is 24.4. The summed E-state index contributed by atoms with van der Waals surface area (Å²) in [6.07, 6.45) is 2.91. The lowest BCUT2D eigenvalue weighted by molar-refractivity contribution is -0.192. The summed E-state index contributed by atoms with van der Waals surface area (Å²) in [5, 5.41) is 7.12. The quantitative estimate of drug-likeness (QED) is 0.710. The van der Waals surface area contributed by atoms with Gasteiger partial charge in [0, 0.05) is 63.4 Å². The van der Waals surface area contributed by atoms with E-state index in [4.69, 9.17) is 19.4 Å². The van der Waals surface area contributed by atoms with Gasteiger partial charge in [-0.2, -0.15) is 13.2 Å². The number of imidazole rings is 1. The summed E-state index contributed by atoms with van der Waals surface area (Å²) in [5.74, 6) is -1.65. The summed E-state index contributed by atoms with van der Waals surface area (Å²) in [5.41, 5.74) is 2.21. The Hall–Kier alpha value is -2.73. The van der Waals surface area contributed by atoms with Crippen LogP contribution in [0.15, 0.2) is 24.8 Å². The average Bonchev–Trinajstić information content (AvgIpc) is 3.12. The Balaban J connectivity index is 0.000000383. The molecule has 1 N–H and O–H groups in total. The Morgan fingerprint density at radius 1 is 1.27 bits per heavy atom. The van der Waals surface area contributed by atoms with Crippen LogP contribution in [0.4, 0.5) is 13.2 Å². The number of ether oxygens (including phenoxy) is 2. The molecule has 2 aromatic rings. The smallest absolute Gasteiger partial charge is 0.475 e. The number of rotatable bonds is 5. The number of nitrogens with zero attached hydrogens (tertiary/aromatic N) is 5. The minimum atomic E-state index is -5.08. The fourth-order valence-corrected chi connectivity index (χ4v) is 3.87. The number of hydrogen-bond donors (Lipinski definition) is 1. The molecule has 1 saturated heterocycles. The number of carbonyl (C=O) groups is 1. The van der Waals surface area contributed by atoms with Gasteiger partial charge < -0.3 is 19.1 Å². The molecule has 2 aromatic heterocycles.